The number of hydrogen-bond acceptors (Lipinski definition) is 6. The van der Waals surface area contributed by atoms with Crippen molar-refractivity contribution in [2.24, 2.45) is 0 Å². The van der Waals surface area contributed by atoms with E-state index in [0.29, 0.717) is 24.0 Å². The Morgan fingerprint density at radius 1 is 0.921 bits per heavy atom. The number of nitrogens with zero attached hydrogens (tertiary/aromatic N) is 4. The molecule has 7 nitrogen and oxygen atoms in total. The Morgan fingerprint density at radius 2 is 1.58 bits per heavy atom. The van der Waals surface area contributed by atoms with Crippen molar-refractivity contribution in [3.63, 3.8) is 0 Å². The molecule has 0 atom stereocenters. The topological polar surface area (TPSA) is 79.1 Å². The lowest BCUT2D eigenvalue weighted by atomic mass is 10.0. The Hall–Kier alpha value is -3.63. The molecular weight excluding hydrogens is 544 g/mol. The summed E-state index contributed by atoms with van der Waals surface area (Å²) in [7, 11) is 1.46. The number of aromatic nitrogens is 4. The van der Waals surface area contributed by atoms with Crippen LogP contribution in [-0.2, 0) is 25.6 Å². The second-order valence-electron chi connectivity index (χ2n) is 8.29. The fourth-order valence-electron chi connectivity index (χ4n) is 3.62. The highest BCUT2D eigenvalue weighted by molar-refractivity contribution is 6.31. The lowest BCUT2D eigenvalue weighted by Gasteiger charge is -2.11. The van der Waals surface area contributed by atoms with Gasteiger partial charge in [0.2, 0.25) is 5.88 Å². The molecule has 2 aromatic carbocycles. The molecule has 4 rings (SSSR count). The van der Waals surface area contributed by atoms with Gasteiger partial charge in [0, 0.05) is 30.6 Å². The molecular formula is C26H21Cl2F3N4O3. The Bertz CT molecular complexity index is 1460. The van der Waals surface area contributed by atoms with E-state index in [-0.39, 0.29) is 35.1 Å². The number of ether oxygens (including phenoxy) is 2. The Labute approximate surface area is 225 Å². The van der Waals surface area contributed by atoms with E-state index in [0.717, 1.165) is 17.2 Å². The zero-order valence-corrected chi connectivity index (χ0v) is 21.5. The molecule has 0 saturated carbocycles. The highest BCUT2D eigenvalue weighted by Gasteiger charge is 2.33. The normalized spacial score (nSPS) is 11.4. The minimum Gasteiger partial charge on any atom is -0.476 e. The lowest BCUT2D eigenvalue weighted by Crippen LogP contribution is -2.24. The molecule has 38 heavy (non-hydrogen) atoms. The van der Waals surface area contributed by atoms with Gasteiger partial charge < -0.3 is 9.47 Å². The predicted octanol–water partition coefficient (Wildman–Crippen LogP) is 5.63. The molecule has 4 aromatic rings. The van der Waals surface area contributed by atoms with Crippen LogP contribution < -0.4 is 15.2 Å². The standard InChI is InChI=1S/C26H21Cl2F3N4O3/c1-37-24-32-12-19(13-33-24)14-35-15-22(28)23(34-25(35)36)38-9-8-16-2-4-17(5-3-16)10-18-6-7-21(27)20(11-18)26(29,30)31/h2-7,11-13,15H,8-10,14H2,1H3. The summed E-state index contributed by atoms with van der Waals surface area (Å²) in [5.41, 5.74) is 1.57. The van der Waals surface area contributed by atoms with Crippen LogP contribution >= 0.6 is 23.2 Å². The molecule has 0 aliphatic rings. The van der Waals surface area contributed by atoms with E-state index >= 15 is 0 Å². The maximum atomic E-state index is 13.1. The predicted molar refractivity (Wildman–Crippen MR) is 136 cm³/mol. The van der Waals surface area contributed by atoms with E-state index in [1.165, 1.54) is 36.3 Å². The smallest absolute Gasteiger partial charge is 0.417 e. The minimum absolute atomic E-state index is 0.0266. The van der Waals surface area contributed by atoms with E-state index in [1.54, 1.807) is 6.07 Å². The van der Waals surface area contributed by atoms with Crippen LogP contribution in [0.15, 0.2) is 65.8 Å². The fourth-order valence-corrected chi connectivity index (χ4v) is 4.06. The lowest BCUT2D eigenvalue weighted by molar-refractivity contribution is -0.137. The van der Waals surface area contributed by atoms with Crippen LogP contribution in [0.1, 0.15) is 27.8 Å². The molecule has 0 saturated heterocycles. The van der Waals surface area contributed by atoms with Crippen molar-refractivity contribution in [3.05, 3.63) is 109 Å². The molecule has 0 fully saturated rings. The van der Waals surface area contributed by atoms with Crippen LogP contribution in [0.3, 0.4) is 0 Å². The van der Waals surface area contributed by atoms with Crippen molar-refractivity contribution in [1.82, 2.24) is 19.5 Å². The van der Waals surface area contributed by atoms with Gasteiger partial charge in [-0.2, -0.15) is 18.2 Å². The average Bonchev–Trinajstić information content (AvgIpc) is 2.88. The first-order valence-corrected chi connectivity index (χ1v) is 12.1. The van der Waals surface area contributed by atoms with Gasteiger partial charge in [0.15, 0.2) is 0 Å². The van der Waals surface area contributed by atoms with Gasteiger partial charge in [0.1, 0.15) is 5.02 Å². The summed E-state index contributed by atoms with van der Waals surface area (Å²) < 4.78 is 51.2. The summed E-state index contributed by atoms with van der Waals surface area (Å²) in [5, 5.41) is -0.147. The summed E-state index contributed by atoms with van der Waals surface area (Å²) in [6.07, 6.45) is 0.839. The average molecular weight is 565 g/mol. The zero-order chi connectivity index (χ0) is 27.3. The number of alkyl halides is 3. The first-order valence-electron chi connectivity index (χ1n) is 11.3. The van der Waals surface area contributed by atoms with E-state index in [4.69, 9.17) is 32.7 Å². The van der Waals surface area contributed by atoms with Crippen LogP contribution in [0.5, 0.6) is 11.9 Å². The maximum absolute atomic E-state index is 13.1. The summed E-state index contributed by atoms with van der Waals surface area (Å²) in [6.45, 7) is 0.393. The van der Waals surface area contributed by atoms with Gasteiger partial charge in [-0.25, -0.2) is 14.8 Å². The second-order valence-corrected chi connectivity index (χ2v) is 9.10. The number of hydrogen-bond donors (Lipinski definition) is 0. The molecule has 0 unspecified atom stereocenters. The van der Waals surface area contributed by atoms with Crippen LogP contribution in [0.2, 0.25) is 10.0 Å². The highest BCUT2D eigenvalue weighted by Crippen LogP contribution is 2.35. The van der Waals surface area contributed by atoms with Crippen molar-refractivity contribution < 1.29 is 22.6 Å². The van der Waals surface area contributed by atoms with Gasteiger partial charge >= 0.3 is 17.9 Å². The zero-order valence-electron chi connectivity index (χ0n) is 20.0. The van der Waals surface area contributed by atoms with Crippen LogP contribution in [0.4, 0.5) is 13.2 Å². The molecule has 0 radical (unpaired) electrons. The van der Waals surface area contributed by atoms with Crippen molar-refractivity contribution in [2.45, 2.75) is 25.6 Å². The third kappa shape index (κ3) is 7.02. The monoisotopic (exact) mass is 564 g/mol. The Kier molecular flexibility index (Phi) is 8.53. The summed E-state index contributed by atoms with van der Waals surface area (Å²) in [6, 6.07) is 11.5. The number of methoxy groups -OCH3 is 1. The van der Waals surface area contributed by atoms with E-state index < -0.39 is 17.4 Å². The van der Waals surface area contributed by atoms with Crippen molar-refractivity contribution in [3.8, 4) is 11.9 Å². The Balaban J connectivity index is 1.33. The van der Waals surface area contributed by atoms with E-state index in [1.807, 2.05) is 24.3 Å². The van der Waals surface area contributed by atoms with Crippen LogP contribution in [0, 0.1) is 0 Å². The van der Waals surface area contributed by atoms with Crippen molar-refractivity contribution >= 4 is 23.2 Å². The highest BCUT2D eigenvalue weighted by atomic mass is 35.5. The van der Waals surface area contributed by atoms with Gasteiger partial charge in [-0.1, -0.05) is 53.5 Å². The molecule has 12 heteroatoms. The van der Waals surface area contributed by atoms with Gasteiger partial charge in [-0.3, -0.25) is 4.57 Å². The Morgan fingerprint density at radius 3 is 2.24 bits per heavy atom. The molecule has 0 aliphatic carbocycles. The summed E-state index contributed by atoms with van der Waals surface area (Å²) in [5.74, 6) is 0.0266. The molecule has 0 aliphatic heterocycles. The first-order chi connectivity index (χ1) is 18.1. The first kappa shape index (κ1) is 27.4. The number of halogens is 5. The SMILES string of the molecule is COc1ncc(Cn2cc(Cl)c(OCCc3ccc(Cc4ccc(Cl)c(C(F)(F)F)c4)cc3)nc2=O)cn1. The molecule has 198 valence electrons. The number of rotatable bonds is 9. The van der Waals surface area contributed by atoms with Crippen LogP contribution in [0.25, 0.3) is 0 Å². The molecule has 0 N–H and O–H groups in total. The maximum Gasteiger partial charge on any atom is 0.417 e. The summed E-state index contributed by atoms with van der Waals surface area (Å²) in [4.78, 5) is 24.3. The van der Waals surface area contributed by atoms with Gasteiger partial charge in [-0.05, 0) is 35.2 Å². The number of benzene rings is 2. The van der Waals surface area contributed by atoms with Crippen molar-refractivity contribution in [2.75, 3.05) is 13.7 Å². The van der Waals surface area contributed by atoms with Gasteiger partial charge in [0.25, 0.3) is 0 Å². The van der Waals surface area contributed by atoms with Crippen LogP contribution in [-0.4, -0.2) is 33.2 Å². The fraction of sp³-hybridized carbons (Fsp3) is 0.231. The quantitative estimate of drug-likeness (QED) is 0.262. The van der Waals surface area contributed by atoms with E-state index in [2.05, 4.69) is 15.0 Å². The molecule has 2 heterocycles. The van der Waals surface area contributed by atoms with E-state index in [9.17, 15) is 18.0 Å². The molecule has 0 bridgehead atoms. The molecule has 0 spiro atoms. The van der Waals surface area contributed by atoms with Gasteiger partial charge in [0.05, 0.1) is 30.8 Å². The third-order valence-electron chi connectivity index (χ3n) is 5.53. The summed E-state index contributed by atoms with van der Waals surface area (Å²) >= 11 is 12.0. The largest absolute Gasteiger partial charge is 0.476 e. The molecule has 0 amide bonds. The van der Waals surface area contributed by atoms with Crippen molar-refractivity contribution in [1.29, 1.82) is 0 Å². The third-order valence-corrected chi connectivity index (χ3v) is 6.12. The molecule has 2 aromatic heterocycles. The minimum atomic E-state index is -4.51. The van der Waals surface area contributed by atoms with Gasteiger partial charge in [-0.15, -0.1) is 0 Å². The second kappa shape index (κ2) is 11.8.